The second-order valence-corrected chi connectivity index (χ2v) is 7.78. The fourth-order valence-electron chi connectivity index (χ4n) is 3.65. The van der Waals surface area contributed by atoms with Crippen LogP contribution >= 0.6 is 0 Å². The maximum Gasteiger partial charge on any atom is 0.119 e. The summed E-state index contributed by atoms with van der Waals surface area (Å²) in [5.74, 6) is 1.09. The van der Waals surface area contributed by atoms with Crippen molar-refractivity contribution in [1.29, 1.82) is 0 Å². The lowest BCUT2D eigenvalue weighted by molar-refractivity contribution is 0.113. The average molecular weight is 401 g/mol. The van der Waals surface area contributed by atoms with Gasteiger partial charge in [0.05, 0.1) is 18.9 Å². The number of benzene rings is 2. The topological polar surface area (TPSA) is 54.3 Å². The maximum absolute atomic E-state index is 10.00. The number of aliphatic hydroxyl groups excluding tert-OH is 1. The Morgan fingerprint density at radius 1 is 1.07 bits per heavy atom. The minimum atomic E-state index is -0.253. The van der Waals surface area contributed by atoms with Crippen molar-refractivity contribution in [2.45, 2.75) is 52.2 Å². The van der Waals surface area contributed by atoms with Gasteiger partial charge in [-0.3, -0.25) is 0 Å². The third-order valence-electron chi connectivity index (χ3n) is 5.76. The van der Waals surface area contributed by atoms with Crippen molar-refractivity contribution in [3.63, 3.8) is 0 Å². The average Bonchev–Trinajstić information content (AvgIpc) is 2.74. The summed E-state index contributed by atoms with van der Waals surface area (Å²) >= 11 is 0. The number of rotatable bonds is 11. The zero-order valence-electron chi connectivity index (χ0n) is 18.7. The van der Waals surface area contributed by atoms with Gasteiger partial charge < -0.3 is 19.6 Å². The van der Waals surface area contributed by atoms with E-state index in [4.69, 9.17) is 9.57 Å². The van der Waals surface area contributed by atoms with Crippen LogP contribution in [0.25, 0.3) is 10.8 Å². The van der Waals surface area contributed by atoms with E-state index < -0.39 is 0 Å². The summed E-state index contributed by atoms with van der Waals surface area (Å²) in [6.07, 6.45) is 2.26. The summed E-state index contributed by atoms with van der Waals surface area (Å²) in [5.41, 5.74) is 2.04. The van der Waals surface area contributed by atoms with Crippen LogP contribution in [0.4, 0.5) is 0 Å². The van der Waals surface area contributed by atoms with E-state index in [-0.39, 0.29) is 12.0 Å². The molecule has 2 rings (SSSR count). The number of methoxy groups -OCH3 is 1. The van der Waals surface area contributed by atoms with Crippen LogP contribution in [0.3, 0.4) is 0 Å². The quantitative estimate of drug-likeness (QED) is 0.438. The molecule has 0 saturated heterocycles. The summed E-state index contributed by atoms with van der Waals surface area (Å²) in [6, 6.07) is 12.8. The molecule has 0 aliphatic heterocycles. The molecule has 0 aromatic heterocycles. The van der Waals surface area contributed by atoms with E-state index >= 15 is 0 Å². The van der Waals surface area contributed by atoms with Crippen molar-refractivity contribution >= 4 is 16.5 Å². The van der Waals surface area contributed by atoms with E-state index in [1.54, 1.807) is 14.2 Å². The van der Waals surface area contributed by atoms with E-state index in [2.05, 4.69) is 55.2 Å². The highest BCUT2D eigenvalue weighted by Crippen LogP contribution is 2.25. The van der Waals surface area contributed by atoms with Crippen LogP contribution in [-0.4, -0.2) is 55.7 Å². The van der Waals surface area contributed by atoms with Crippen LogP contribution in [0.2, 0.25) is 0 Å². The monoisotopic (exact) mass is 400 g/mol. The summed E-state index contributed by atoms with van der Waals surface area (Å²) in [4.78, 5) is 7.53. The van der Waals surface area contributed by atoms with Gasteiger partial charge in [0.2, 0.25) is 0 Å². The molecule has 0 heterocycles. The SMILES string of the molecule is CCC(O)CC(C)N(C)CC(CC)/C(=N\OC)c1ccc2cc(OC)ccc2c1. The van der Waals surface area contributed by atoms with Crippen molar-refractivity contribution in [3.8, 4) is 5.75 Å². The first-order valence-electron chi connectivity index (χ1n) is 10.5. The Balaban J connectivity index is 2.26. The fraction of sp³-hybridized carbons (Fsp3) is 0.542. The van der Waals surface area contributed by atoms with Crippen molar-refractivity contribution < 1.29 is 14.7 Å². The standard InChI is InChI=1S/C24H36N2O3/c1-7-18(16-26(4)17(3)13-22(27)8-2)24(25-29-6)21-10-9-20-15-23(28-5)12-11-19(20)14-21/h9-12,14-15,17-18,22,27H,7-8,13,16H2,1-6H3/b25-24+. The van der Waals surface area contributed by atoms with Crippen molar-refractivity contribution in [2.24, 2.45) is 11.1 Å². The van der Waals surface area contributed by atoms with Crippen molar-refractivity contribution in [2.75, 3.05) is 27.8 Å². The predicted molar refractivity (Wildman–Crippen MR) is 121 cm³/mol. The Morgan fingerprint density at radius 3 is 2.38 bits per heavy atom. The lowest BCUT2D eigenvalue weighted by Gasteiger charge is -2.30. The van der Waals surface area contributed by atoms with Gasteiger partial charge in [-0.25, -0.2) is 0 Å². The van der Waals surface area contributed by atoms with E-state index in [1.807, 2.05) is 19.1 Å². The number of aliphatic hydroxyl groups is 1. The molecule has 0 saturated carbocycles. The molecule has 0 aliphatic carbocycles. The largest absolute Gasteiger partial charge is 0.497 e. The summed E-state index contributed by atoms with van der Waals surface area (Å²) in [6.45, 7) is 7.23. The Bertz CT molecular complexity index is 806. The molecule has 5 nitrogen and oxygen atoms in total. The smallest absolute Gasteiger partial charge is 0.119 e. The van der Waals surface area contributed by atoms with Crippen molar-refractivity contribution in [3.05, 3.63) is 42.0 Å². The molecule has 3 unspecified atom stereocenters. The Morgan fingerprint density at radius 2 is 1.76 bits per heavy atom. The van der Waals surface area contributed by atoms with Gasteiger partial charge in [0.1, 0.15) is 12.9 Å². The lowest BCUT2D eigenvalue weighted by Crippen LogP contribution is -2.38. The summed E-state index contributed by atoms with van der Waals surface area (Å²) in [7, 11) is 5.40. The molecule has 3 atom stereocenters. The predicted octanol–water partition coefficient (Wildman–Crippen LogP) is 4.71. The molecule has 2 aromatic carbocycles. The minimum absolute atomic E-state index is 0.233. The minimum Gasteiger partial charge on any atom is -0.497 e. The molecule has 2 aromatic rings. The number of hydrogen-bond donors (Lipinski definition) is 1. The van der Waals surface area contributed by atoms with Crippen LogP contribution in [-0.2, 0) is 4.84 Å². The molecule has 0 amide bonds. The highest BCUT2D eigenvalue weighted by molar-refractivity contribution is 6.04. The van der Waals surface area contributed by atoms with Crippen LogP contribution in [0.1, 0.15) is 45.6 Å². The summed E-state index contributed by atoms with van der Waals surface area (Å²) in [5, 5.41) is 16.7. The second kappa shape index (κ2) is 11.2. The first-order valence-corrected chi connectivity index (χ1v) is 10.5. The van der Waals surface area contributed by atoms with Gasteiger partial charge in [0, 0.05) is 24.1 Å². The Kier molecular flexibility index (Phi) is 8.93. The second-order valence-electron chi connectivity index (χ2n) is 7.78. The first kappa shape index (κ1) is 23.2. The Labute approximate surface area is 175 Å². The molecule has 160 valence electrons. The van der Waals surface area contributed by atoms with Crippen LogP contribution in [0, 0.1) is 5.92 Å². The lowest BCUT2D eigenvalue weighted by atomic mass is 9.92. The summed E-state index contributed by atoms with van der Waals surface area (Å²) < 4.78 is 5.33. The fourth-order valence-corrected chi connectivity index (χ4v) is 3.65. The molecule has 0 spiro atoms. The third-order valence-corrected chi connectivity index (χ3v) is 5.76. The van der Waals surface area contributed by atoms with E-state index in [9.17, 15) is 5.11 Å². The van der Waals surface area contributed by atoms with Gasteiger partial charge >= 0.3 is 0 Å². The molecule has 5 heteroatoms. The van der Waals surface area contributed by atoms with Gasteiger partial charge in [0.15, 0.2) is 0 Å². The highest BCUT2D eigenvalue weighted by atomic mass is 16.6. The number of ether oxygens (including phenoxy) is 1. The zero-order valence-corrected chi connectivity index (χ0v) is 18.7. The van der Waals surface area contributed by atoms with Gasteiger partial charge in [0.25, 0.3) is 0 Å². The molecule has 29 heavy (non-hydrogen) atoms. The normalized spacial score (nSPS) is 15.4. The molecule has 0 bridgehead atoms. The van der Waals surface area contributed by atoms with Gasteiger partial charge in [-0.2, -0.15) is 0 Å². The Hall–Kier alpha value is -2.11. The number of fused-ring (bicyclic) bond motifs is 1. The number of hydrogen-bond acceptors (Lipinski definition) is 5. The maximum atomic E-state index is 10.00. The van der Waals surface area contributed by atoms with Crippen LogP contribution in [0.5, 0.6) is 5.75 Å². The van der Waals surface area contributed by atoms with Gasteiger partial charge in [-0.1, -0.05) is 37.2 Å². The molecular formula is C24H36N2O3. The van der Waals surface area contributed by atoms with Crippen LogP contribution in [0.15, 0.2) is 41.6 Å². The number of nitrogens with zero attached hydrogens (tertiary/aromatic N) is 2. The van der Waals surface area contributed by atoms with E-state index in [0.717, 1.165) is 53.6 Å². The molecular weight excluding hydrogens is 364 g/mol. The van der Waals surface area contributed by atoms with E-state index in [1.165, 1.54) is 0 Å². The van der Waals surface area contributed by atoms with Crippen LogP contribution < -0.4 is 4.74 Å². The van der Waals surface area contributed by atoms with Gasteiger partial charge in [-0.05, 0) is 62.2 Å². The zero-order chi connectivity index (χ0) is 21.4. The molecule has 0 radical (unpaired) electrons. The highest BCUT2D eigenvalue weighted by Gasteiger charge is 2.22. The van der Waals surface area contributed by atoms with Gasteiger partial charge in [-0.15, -0.1) is 0 Å². The first-order chi connectivity index (χ1) is 13.9. The number of oxime groups is 1. The molecule has 0 fully saturated rings. The molecule has 0 aliphatic rings. The molecule has 1 N–H and O–H groups in total. The van der Waals surface area contributed by atoms with E-state index in [0.29, 0.717) is 6.04 Å². The third kappa shape index (κ3) is 6.18. The van der Waals surface area contributed by atoms with Crippen molar-refractivity contribution in [1.82, 2.24) is 4.90 Å².